The molecule has 86 valence electrons. The number of hydrogen-bond acceptors (Lipinski definition) is 4. The zero-order chi connectivity index (χ0) is 11.1. The molecule has 0 aromatic rings. The van der Waals surface area contributed by atoms with Gasteiger partial charge in [-0.25, -0.2) is 10.1 Å². The maximum Gasteiger partial charge on any atom is 0.119 e. The number of hydrogen-bond donors (Lipinski definition) is 0. The third kappa shape index (κ3) is 3.38. The summed E-state index contributed by atoms with van der Waals surface area (Å²) in [5.41, 5.74) is 0. The fourth-order valence-electron chi connectivity index (χ4n) is 1.47. The van der Waals surface area contributed by atoms with Gasteiger partial charge in [0.15, 0.2) is 0 Å². The molecule has 4 heteroatoms. The van der Waals surface area contributed by atoms with Gasteiger partial charge in [-0.15, -0.1) is 0 Å². The van der Waals surface area contributed by atoms with Crippen molar-refractivity contribution in [2.45, 2.75) is 12.8 Å². The SMILES string of the molecule is C1=CON(CCCCN2C=CC=CO2)C=C1. The summed E-state index contributed by atoms with van der Waals surface area (Å²) in [7, 11) is 0. The first-order valence-corrected chi connectivity index (χ1v) is 5.49. The number of unbranched alkanes of at least 4 members (excludes halogenated alkanes) is 1. The van der Waals surface area contributed by atoms with Crippen molar-refractivity contribution in [1.82, 2.24) is 10.1 Å². The molecule has 0 spiro atoms. The van der Waals surface area contributed by atoms with Crippen molar-refractivity contribution in [1.29, 1.82) is 0 Å². The van der Waals surface area contributed by atoms with Crippen LogP contribution in [0.3, 0.4) is 0 Å². The van der Waals surface area contributed by atoms with E-state index in [2.05, 4.69) is 0 Å². The Morgan fingerprint density at radius 2 is 1.19 bits per heavy atom. The molecular formula is C12H16N2O2. The van der Waals surface area contributed by atoms with Crippen molar-refractivity contribution in [3.8, 4) is 0 Å². The van der Waals surface area contributed by atoms with Crippen LogP contribution in [0.5, 0.6) is 0 Å². The predicted octanol–water partition coefficient (Wildman–Crippen LogP) is 2.32. The quantitative estimate of drug-likeness (QED) is 0.664. The molecule has 0 aromatic carbocycles. The Morgan fingerprint density at radius 1 is 0.688 bits per heavy atom. The molecule has 0 amide bonds. The second kappa shape index (κ2) is 5.90. The fourth-order valence-corrected chi connectivity index (χ4v) is 1.47. The molecule has 2 aliphatic rings. The Bertz CT molecular complexity index is 289. The molecule has 0 radical (unpaired) electrons. The number of rotatable bonds is 5. The normalized spacial score (nSPS) is 17.5. The van der Waals surface area contributed by atoms with Crippen molar-refractivity contribution in [3.63, 3.8) is 0 Å². The molecule has 0 fully saturated rings. The first kappa shape index (κ1) is 10.7. The van der Waals surface area contributed by atoms with E-state index in [1.807, 2.05) is 46.8 Å². The summed E-state index contributed by atoms with van der Waals surface area (Å²) in [6.07, 6.45) is 17.0. The third-order valence-electron chi connectivity index (χ3n) is 2.28. The summed E-state index contributed by atoms with van der Waals surface area (Å²) in [5.74, 6) is 0. The maximum absolute atomic E-state index is 5.27. The highest BCUT2D eigenvalue weighted by atomic mass is 16.7. The Kier molecular flexibility index (Phi) is 3.94. The molecule has 0 unspecified atom stereocenters. The van der Waals surface area contributed by atoms with Crippen molar-refractivity contribution in [2.75, 3.05) is 13.1 Å². The van der Waals surface area contributed by atoms with E-state index in [0.717, 1.165) is 25.9 Å². The lowest BCUT2D eigenvalue weighted by atomic mass is 10.3. The van der Waals surface area contributed by atoms with E-state index in [-0.39, 0.29) is 0 Å². The van der Waals surface area contributed by atoms with E-state index in [1.165, 1.54) is 0 Å². The smallest absolute Gasteiger partial charge is 0.119 e. The molecule has 0 saturated heterocycles. The molecule has 0 atom stereocenters. The molecule has 4 nitrogen and oxygen atoms in total. The summed E-state index contributed by atoms with van der Waals surface area (Å²) in [6.45, 7) is 1.79. The monoisotopic (exact) mass is 220 g/mol. The average molecular weight is 220 g/mol. The Morgan fingerprint density at radius 3 is 1.56 bits per heavy atom. The predicted molar refractivity (Wildman–Crippen MR) is 61.4 cm³/mol. The second-order valence-corrected chi connectivity index (χ2v) is 3.54. The average Bonchev–Trinajstić information content (AvgIpc) is 2.37. The Labute approximate surface area is 95.6 Å². The van der Waals surface area contributed by atoms with Crippen LogP contribution in [-0.4, -0.2) is 23.2 Å². The Balaban J connectivity index is 1.55. The van der Waals surface area contributed by atoms with E-state index in [9.17, 15) is 0 Å². The molecule has 0 aliphatic carbocycles. The van der Waals surface area contributed by atoms with E-state index in [4.69, 9.17) is 9.68 Å². The highest BCUT2D eigenvalue weighted by Gasteiger charge is 2.03. The van der Waals surface area contributed by atoms with Gasteiger partial charge in [-0.1, -0.05) is 0 Å². The number of allylic oxidation sites excluding steroid dienone is 4. The summed E-state index contributed by atoms with van der Waals surface area (Å²) >= 11 is 0. The van der Waals surface area contributed by atoms with Gasteiger partial charge < -0.3 is 9.68 Å². The highest BCUT2D eigenvalue weighted by Crippen LogP contribution is 2.06. The standard InChI is InChI=1S/C12H16N2O2/c1(7-13-9-3-5-11-15-13)2-8-14-10-4-6-12-16-14/h3-6,9-12H,1-2,7-8H2. The summed E-state index contributed by atoms with van der Waals surface area (Å²) in [4.78, 5) is 10.5. The summed E-state index contributed by atoms with van der Waals surface area (Å²) < 4.78 is 0. The second-order valence-electron chi connectivity index (χ2n) is 3.54. The van der Waals surface area contributed by atoms with Crippen LogP contribution in [0.1, 0.15) is 12.8 Å². The molecule has 0 saturated carbocycles. The molecule has 0 aromatic heterocycles. The lowest BCUT2D eigenvalue weighted by Gasteiger charge is -2.22. The van der Waals surface area contributed by atoms with Gasteiger partial charge in [-0.2, -0.15) is 0 Å². The zero-order valence-corrected chi connectivity index (χ0v) is 9.16. The van der Waals surface area contributed by atoms with Gasteiger partial charge in [0, 0.05) is 12.4 Å². The molecule has 2 heterocycles. The van der Waals surface area contributed by atoms with Gasteiger partial charge in [-0.3, -0.25) is 0 Å². The van der Waals surface area contributed by atoms with Crippen LogP contribution in [0.15, 0.2) is 49.2 Å². The Hall–Kier alpha value is -1.84. The van der Waals surface area contributed by atoms with Crippen molar-refractivity contribution < 1.29 is 9.68 Å². The number of hydroxylamine groups is 4. The van der Waals surface area contributed by atoms with Gasteiger partial charge in [0.05, 0.1) is 13.1 Å². The van der Waals surface area contributed by atoms with E-state index in [1.54, 1.807) is 12.5 Å². The lowest BCUT2D eigenvalue weighted by molar-refractivity contribution is -0.0713. The molecule has 2 rings (SSSR count). The van der Waals surface area contributed by atoms with Gasteiger partial charge >= 0.3 is 0 Å². The molecule has 2 aliphatic heterocycles. The van der Waals surface area contributed by atoms with Crippen LogP contribution >= 0.6 is 0 Å². The first-order valence-electron chi connectivity index (χ1n) is 5.49. The van der Waals surface area contributed by atoms with Gasteiger partial charge in [0.25, 0.3) is 0 Å². The minimum absolute atomic E-state index is 0.897. The van der Waals surface area contributed by atoms with Crippen LogP contribution in [0.2, 0.25) is 0 Å². The van der Waals surface area contributed by atoms with Gasteiger partial charge in [0.2, 0.25) is 0 Å². The van der Waals surface area contributed by atoms with Crippen LogP contribution in [0.25, 0.3) is 0 Å². The molecular weight excluding hydrogens is 204 g/mol. The zero-order valence-electron chi connectivity index (χ0n) is 9.16. The van der Waals surface area contributed by atoms with Gasteiger partial charge in [0.1, 0.15) is 12.5 Å². The minimum Gasteiger partial charge on any atom is -0.388 e. The minimum atomic E-state index is 0.897. The fraction of sp³-hybridized carbons (Fsp3) is 0.333. The molecule has 16 heavy (non-hydrogen) atoms. The van der Waals surface area contributed by atoms with Crippen LogP contribution in [0.4, 0.5) is 0 Å². The van der Waals surface area contributed by atoms with Crippen molar-refractivity contribution in [3.05, 3.63) is 49.2 Å². The van der Waals surface area contributed by atoms with E-state index >= 15 is 0 Å². The van der Waals surface area contributed by atoms with Crippen LogP contribution < -0.4 is 0 Å². The van der Waals surface area contributed by atoms with Crippen LogP contribution in [0, 0.1) is 0 Å². The van der Waals surface area contributed by atoms with E-state index in [0.29, 0.717) is 0 Å². The summed E-state index contributed by atoms with van der Waals surface area (Å²) in [5, 5.41) is 3.65. The summed E-state index contributed by atoms with van der Waals surface area (Å²) in [6, 6.07) is 0. The molecule has 0 N–H and O–H groups in total. The third-order valence-corrected chi connectivity index (χ3v) is 2.28. The highest BCUT2D eigenvalue weighted by molar-refractivity contribution is 5.02. The maximum atomic E-state index is 5.27. The largest absolute Gasteiger partial charge is 0.388 e. The van der Waals surface area contributed by atoms with E-state index < -0.39 is 0 Å². The van der Waals surface area contributed by atoms with Crippen molar-refractivity contribution >= 4 is 0 Å². The van der Waals surface area contributed by atoms with Gasteiger partial charge in [-0.05, 0) is 37.1 Å². The molecule has 0 bridgehead atoms. The topological polar surface area (TPSA) is 24.9 Å². The van der Waals surface area contributed by atoms with Crippen molar-refractivity contribution in [2.24, 2.45) is 0 Å². The first-order chi connectivity index (χ1) is 7.95. The lowest BCUT2D eigenvalue weighted by Crippen LogP contribution is -2.21. The van der Waals surface area contributed by atoms with Crippen LogP contribution in [-0.2, 0) is 9.68 Å². The number of nitrogens with zero attached hydrogens (tertiary/aromatic N) is 2.